The van der Waals surface area contributed by atoms with E-state index < -0.39 is 5.60 Å². The maximum Gasteiger partial charge on any atom is 0.230 e. The van der Waals surface area contributed by atoms with Gasteiger partial charge in [-0.25, -0.2) is 9.37 Å². The van der Waals surface area contributed by atoms with Crippen LogP contribution in [0.15, 0.2) is 54.3 Å². The third kappa shape index (κ3) is 3.73. The van der Waals surface area contributed by atoms with Crippen LogP contribution in [0.25, 0.3) is 5.70 Å². The first-order valence-corrected chi connectivity index (χ1v) is 10.1. The van der Waals surface area contributed by atoms with E-state index >= 15 is 0 Å². The number of carbonyl (C=O) groups is 1. The molecule has 7 heteroatoms. The Morgan fingerprint density at radius 3 is 2.67 bits per heavy atom. The molecule has 1 aromatic heterocycles. The van der Waals surface area contributed by atoms with Crippen molar-refractivity contribution in [1.82, 2.24) is 10.3 Å². The zero-order chi connectivity index (χ0) is 21.3. The van der Waals surface area contributed by atoms with E-state index in [1.54, 1.807) is 26.1 Å². The van der Waals surface area contributed by atoms with Crippen LogP contribution in [0.4, 0.5) is 10.2 Å². The maximum atomic E-state index is 14.6. The molecule has 0 spiro atoms. The van der Waals surface area contributed by atoms with Crippen molar-refractivity contribution in [2.75, 3.05) is 18.0 Å². The molecule has 0 radical (unpaired) electrons. The first kappa shape index (κ1) is 20.2. The van der Waals surface area contributed by atoms with Gasteiger partial charge in [-0.3, -0.25) is 4.79 Å². The van der Waals surface area contributed by atoms with Gasteiger partial charge < -0.3 is 15.1 Å². The summed E-state index contributed by atoms with van der Waals surface area (Å²) in [5.74, 6) is -0.267. The van der Waals surface area contributed by atoms with E-state index in [1.807, 2.05) is 29.2 Å². The van der Waals surface area contributed by atoms with Gasteiger partial charge in [0.25, 0.3) is 0 Å². The van der Waals surface area contributed by atoms with Gasteiger partial charge in [0.05, 0.1) is 0 Å². The molecule has 1 saturated heterocycles. The number of benzene rings is 1. The molecule has 0 aliphatic carbocycles. The predicted octanol–water partition coefficient (Wildman–Crippen LogP) is 3.53. The number of piperidine rings is 1. The number of rotatable bonds is 5. The molecular weight excluding hydrogens is 383 g/mol. The van der Waals surface area contributed by atoms with Gasteiger partial charge in [-0.1, -0.05) is 36.0 Å². The summed E-state index contributed by atoms with van der Waals surface area (Å²) in [6.07, 6.45) is 3.50. The highest BCUT2D eigenvalue weighted by atomic mass is 19.1. The SMILES string of the molecule is C=C(c1ccc(C2=NOC(C)(C)C2=O)cc1)N(c1ncccc1F)[C@@H]1CCCNC1. The predicted molar refractivity (Wildman–Crippen MR) is 115 cm³/mol. The van der Waals surface area contributed by atoms with Crippen LogP contribution in [0.3, 0.4) is 0 Å². The number of ketones is 1. The second kappa shape index (κ2) is 7.99. The lowest BCUT2D eigenvalue weighted by molar-refractivity contribution is -0.128. The van der Waals surface area contributed by atoms with E-state index in [0.717, 1.165) is 31.5 Å². The monoisotopic (exact) mass is 408 g/mol. The van der Waals surface area contributed by atoms with Crippen molar-refractivity contribution in [3.05, 3.63) is 66.1 Å². The van der Waals surface area contributed by atoms with Gasteiger partial charge in [-0.05, 0) is 50.9 Å². The molecule has 0 unspecified atom stereocenters. The van der Waals surface area contributed by atoms with Crippen LogP contribution in [0.5, 0.6) is 0 Å². The third-order valence-corrected chi connectivity index (χ3v) is 5.51. The number of oxime groups is 1. The highest BCUT2D eigenvalue weighted by molar-refractivity contribution is 6.49. The molecule has 2 aromatic rings. The Labute approximate surface area is 175 Å². The highest BCUT2D eigenvalue weighted by Gasteiger charge is 2.40. The second-order valence-electron chi connectivity index (χ2n) is 8.07. The lowest BCUT2D eigenvalue weighted by Crippen LogP contribution is -2.45. The molecule has 1 fully saturated rings. The van der Waals surface area contributed by atoms with E-state index in [2.05, 4.69) is 22.0 Å². The number of aromatic nitrogens is 1. The Morgan fingerprint density at radius 1 is 1.30 bits per heavy atom. The number of carbonyl (C=O) groups excluding carboxylic acids is 1. The number of hydrogen-bond donors (Lipinski definition) is 1. The zero-order valence-corrected chi connectivity index (χ0v) is 17.2. The van der Waals surface area contributed by atoms with Crippen molar-refractivity contribution in [2.45, 2.75) is 38.3 Å². The van der Waals surface area contributed by atoms with Crippen molar-refractivity contribution >= 4 is 23.0 Å². The van der Waals surface area contributed by atoms with Crippen molar-refractivity contribution in [1.29, 1.82) is 0 Å². The fourth-order valence-corrected chi connectivity index (χ4v) is 3.80. The molecule has 3 heterocycles. The molecule has 0 bridgehead atoms. The first-order chi connectivity index (χ1) is 14.4. The molecule has 1 atom stereocenters. The summed E-state index contributed by atoms with van der Waals surface area (Å²) in [7, 11) is 0. The molecule has 30 heavy (non-hydrogen) atoms. The van der Waals surface area contributed by atoms with Crippen LogP contribution < -0.4 is 10.2 Å². The standard InChI is InChI=1S/C23H25FN4O2/c1-15(16-8-10-17(11-9-16)20-21(29)23(2,3)30-27-20)28(18-6-4-12-25-14-18)22-19(24)7-5-13-26-22/h5,7-11,13,18,25H,1,4,6,12,14H2,2-3H3/t18-/m1/s1. The number of Topliss-reactive ketones (excluding diaryl/α,β-unsaturated/α-hetero) is 1. The fourth-order valence-electron chi connectivity index (χ4n) is 3.80. The number of halogens is 1. The summed E-state index contributed by atoms with van der Waals surface area (Å²) in [6, 6.07) is 10.4. The summed E-state index contributed by atoms with van der Waals surface area (Å²) < 4.78 is 14.6. The third-order valence-electron chi connectivity index (χ3n) is 5.51. The van der Waals surface area contributed by atoms with Gasteiger partial charge in [0, 0.05) is 30.0 Å². The summed E-state index contributed by atoms with van der Waals surface area (Å²) in [5, 5.41) is 7.32. The largest absolute Gasteiger partial charge is 0.381 e. The lowest BCUT2D eigenvalue weighted by Gasteiger charge is -2.37. The van der Waals surface area contributed by atoms with Crippen LogP contribution in [0.1, 0.15) is 37.8 Å². The Morgan fingerprint density at radius 2 is 2.07 bits per heavy atom. The Hall–Kier alpha value is -3.06. The molecule has 156 valence electrons. The van der Waals surface area contributed by atoms with E-state index in [9.17, 15) is 9.18 Å². The maximum absolute atomic E-state index is 14.6. The summed E-state index contributed by atoms with van der Waals surface area (Å²) >= 11 is 0. The summed E-state index contributed by atoms with van der Waals surface area (Å²) in [6.45, 7) is 9.32. The van der Waals surface area contributed by atoms with Gasteiger partial charge in [0.15, 0.2) is 22.9 Å². The second-order valence-corrected chi connectivity index (χ2v) is 8.07. The molecule has 4 rings (SSSR count). The van der Waals surface area contributed by atoms with Crippen molar-refractivity contribution in [3.8, 4) is 0 Å². The number of nitrogens with zero attached hydrogens (tertiary/aromatic N) is 3. The first-order valence-electron chi connectivity index (χ1n) is 10.1. The van der Waals surface area contributed by atoms with Crippen LogP contribution in [-0.2, 0) is 9.63 Å². The van der Waals surface area contributed by atoms with Gasteiger partial charge >= 0.3 is 0 Å². The van der Waals surface area contributed by atoms with Crippen molar-refractivity contribution < 1.29 is 14.0 Å². The smallest absolute Gasteiger partial charge is 0.230 e. The molecule has 6 nitrogen and oxygen atoms in total. The lowest BCUT2D eigenvalue weighted by atomic mass is 9.95. The Balaban J connectivity index is 1.63. The van der Waals surface area contributed by atoms with Gasteiger partial charge in [0.1, 0.15) is 0 Å². The van der Waals surface area contributed by atoms with E-state index in [1.165, 1.54) is 6.07 Å². The zero-order valence-electron chi connectivity index (χ0n) is 17.2. The van der Waals surface area contributed by atoms with Gasteiger partial charge in [-0.2, -0.15) is 0 Å². The molecule has 1 N–H and O–H groups in total. The molecule has 0 amide bonds. The number of nitrogens with one attached hydrogen (secondary N) is 1. The molecular formula is C23H25FN4O2. The molecule has 1 aromatic carbocycles. The van der Waals surface area contributed by atoms with E-state index in [0.29, 0.717) is 17.0 Å². The van der Waals surface area contributed by atoms with Crippen molar-refractivity contribution in [2.24, 2.45) is 5.16 Å². The van der Waals surface area contributed by atoms with Crippen LogP contribution >= 0.6 is 0 Å². The van der Waals surface area contributed by atoms with Gasteiger partial charge in [0.2, 0.25) is 5.78 Å². The normalized spacial score (nSPS) is 20.4. The minimum Gasteiger partial charge on any atom is -0.381 e. The number of anilines is 1. The minimum absolute atomic E-state index is 0.0466. The Bertz CT molecular complexity index is 995. The quantitative estimate of drug-likeness (QED) is 0.820. The van der Waals surface area contributed by atoms with E-state index in [4.69, 9.17) is 4.84 Å². The highest BCUT2D eigenvalue weighted by Crippen LogP contribution is 2.31. The Kier molecular flexibility index (Phi) is 5.39. The summed E-state index contributed by atoms with van der Waals surface area (Å²) in [5.41, 5.74) is 1.52. The van der Waals surface area contributed by atoms with Crippen LogP contribution in [0, 0.1) is 5.82 Å². The van der Waals surface area contributed by atoms with Crippen molar-refractivity contribution in [3.63, 3.8) is 0 Å². The number of hydrogen-bond acceptors (Lipinski definition) is 6. The molecule has 2 aliphatic heterocycles. The minimum atomic E-state index is -0.946. The molecule has 0 saturated carbocycles. The van der Waals surface area contributed by atoms with Gasteiger partial charge in [-0.15, -0.1) is 0 Å². The summed E-state index contributed by atoms with van der Waals surface area (Å²) in [4.78, 5) is 23.9. The van der Waals surface area contributed by atoms with E-state index in [-0.39, 0.29) is 23.5 Å². The topological polar surface area (TPSA) is 66.8 Å². The van der Waals surface area contributed by atoms with Crippen LogP contribution in [-0.4, -0.2) is 41.2 Å². The average molecular weight is 408 g/mol. The fraction of sp³-hybridized carbons (Fsp3) is 0.348. The number of pyridine rings is 1. The molecule has 2 aliphatic rings. The van der Waals surface area contributed by atoms with Crippen LogP contribution in [0.2, 0.25) is 0 Å². The average Bonchev–Trinajstić information content (AvgIpc) is 3.03.